The zero-order chi connectivity index (χ0) is 9.84. The molecule has 76 valence electrons. The van der Waals surface area contributed by atoms with Gasteiger partial charge in [-0.05, 0) is 12.8 Å². The summed E-state index contributed by atoms with van der Waals surface area (Å²) in [6, 6.07) is 1.37. The van der Waals surface area contributed by atoms with E-state index in [-0.39, 0.29) is 6.09 Å². The molecule has 0 spiro atoms. The van der Waals surface area contributed by atoms with Crippen molar-refractivity contribution < 1.29 is 9.53 Å². The molecule has 0 unspecified atom stereocenters. The third-order valence-electron chi connectivity index (χ3n) is 2.21. The summed E-state index contributed by atoms with van der Waals surface area (Å²) in [7, 11) is 1.39. The second kappa shape index (κ2) is 4.46. The number of hydrogen-bond acceptors (Lipinski definition) is 3. The average Bonchev–Trinajstić information content (AvgIpc) is 1.99. The molecule has 13 heavy (non-hydrogen) atoms. The molecule has 0 saturated heterocycles. The van der Waals surface area contributed by atoms with Gasteiger partial charge in [-0.15, -0.1) is 0 Å². The molecule has 0 atom stereocenters. The Morgan fingerprint density at radius 2 is 2.00 bits per heavy atom. The number of methoxy groups -OCH3 is 1. The van der Waals surface area contributed by atoms with Crippen molar-refractivity contribution in [1.82, 2.24) is 10.6 Å². The molecule has 0 aromatic carbocycles. The van der Waals surface area contributed by atoms with Crippen LogP contribution >= 0.6 is 0 Å². The smallest absolute Gasteiger partial charge is 0.407 e. The number of rotatable bonds is 3. The van der Waals surface area contributed by atoms with Gasteiger partial charge in [-0.1, -0.05) is 13.8 Å². The Morgan fingerprint density at radius 3 is 2.46 bits per heavy atom. The van der Waals surface area contributed by atoms with E-state index in [1.54, 1.807) is 0 Å². The third-order valence-corrected chi connectivity index (χ3v) is 2.21. The van der Waals surface area contributed by atoms with E-state index in [9.17, 15) is 4.79 Å². The molecule has 1 amide bonds. The summed E-state index contributed by atoms with van der Waals surface area (Å²) in [6.07, 6.45) is 1.69. The van der Waals surface area contributed by atoms with E-state index in [0.29, 0.717) is 18.1 Å². The zero-order valence-electron chi connectivity index (χ0n) is 8.46. The number of carbonyl (C=O) groups is 1. The topological polar surface area (TPSA) is 50.4 Å². The number of amides is 1. The summed E-state index contributed by atoms with van der Waals surface area (Å²) >= 11 is 0. The molecule has 0 aromatic heterocycles. The van der Waals surface area contributed by atoms with Crippen LogP contribution in [-0.2, 0) is 4.74 Å². The van der Waals surface area contributed by atoms with Crippen LogP contribution in [0.5, 0.6) is 0 Å². The molecule has 0 radical (unpaired) electrons. The first kappa shape index (κ1) is 10.3. The van der Waals surface area contributed by atoms with Crippen molar-refractivity contribution in [2.45, 2.75) is 44.8 Å². The van der Waals surface area contributed by atoms with Crippen LogP contribution in [0.15, 0.2) is 0 Å². The van der Waals surface area contributed by atoms with Crippen molar-refractivity contribution in [3.63, 3.8) is 0 Å². The molecule has 0 heterocycles. The van der Waals surface area contributed by atoms with Gasteiger partial charge in [-0.2, -0.15) is 0 Å². The molecule has 1 aliphatic carbocycles. The Morgan fingerprint density at radius 1 is 1.38 bits per heavy atom. The van der Waals surface area contributed by atoms with E-state index >= 15 is 0 Å². The quantitative estimate of drug-likeness (QED) is 0.687. The molecule has 1 fully saturated rings. The average molecular weight is 186 g/mol. The van der Waals surface area contributed by atoms with Gasteiger partial charge in [0.2, 0.25) is 0 Å². The van der Waals surface area contributed by atoms with Gasteiger partial charge in [-0.25, -0.2) is 4.79 Å². The van der Waals surface area contributed by atoms with Gasteiger partial charge >= 0.3 is 6.09 Å². The first-order chi connectivity index (χ1) is 6.11. The number of hydrogen-bond donors (Lipinski definition) is 2. The first-order valence-electron chi connectivity index (χ1n) is 4.72. The van der Waals surface area contributed by atoms with Gasteiger partial charge in [-0.3, -0.25) is 0 Å². The van der Waals surface area contributed by atoms with Crippen molar-refractivity contribution in [3.05, 3.63) is 0 Å². The minimum absolute atomic E-state index is 0.295. The minimum Gasteiger partial charge on any atom is -0.453 e. The van der Waals surface area contributed by atoms with Gasteiger partial charge < -0.3 is 15.4 Å². The lowest BCUT2D eigenvalue weighted by atomic mass is 9.86. The van der Waals surface area contributed by atoms with Crippen LogP contribution in [0.4, 0.5) is 4.79 Å². The SMILES string of the molecule is COC(=O)NC1CC(NC(C)C)C1. The Balaban J connectivity index is 2.08. The van der Waals surface area contributed by atoms with Gasteiger partial charge in [0.1, 0.15) is 0 Å². The maximum Gasteiger partial charge on any atom is 0.407 e. The fraction of sp³-hybridized carbons (Fsp3) is 0.889. The van der Waals surface area contributed by atoms with E-state index < -0.39 is 0 Å². The van der Waals surface area contributed by atoms with Gasteiger partial charge in [0.25, 0.3) is 0 Å². The van der Waals surface area contributed by atoms with Crippen molar-refractivity contribution >= 4 is 6.09 Å². The van der Waals surface area contributed by atoms with Gasteiger partial charge in [0, 0.05) is 18.1 Å². The van der Waals surface area contributed by atoms with Gasteiger partial charge in [0.05, 0.1) is 7.11 Å². The monoisotopic (exact) mass is 186 g/mol. The fourth-order valence-electron chi connectivity index (χ4n) is 1.57. The molecular formula is C9H18N2O2. The van der Waals surface area contributed by atoms with Crippen LogP contribution in [0.25, 0.3) is 0 Å². The van der Waals surface area contributed by atoms with Crippen LogP contribution in [0.2, 0.25) is 0 Å². The Kier molecular flexibility index (Phi) is 3.54. The maximum absolute atomic E-state index is 10.8. The van der Waals surface area contributed by atoms with E-state index in [4.69, 9.17) is 0 Å². The molecule has 0 aromatic rings. The highest BCUT2D eigenvalue weighted by Crippen LogP contribution is 2.20. The van der Waals surface area contributed by atoms with Crippen LogP contribution in [0.3, 0.4) is 0 Å². The summed E-state index contributed by atoms with van der Waals surface area (Å²) < 4.78 is 4.50. The molecule has 4 nitrogen and oxygen atoms in total. The zero-order valence-corrected chi connectivity index (χ0v) is 8.46. The van der Waals surface area contributed by atoms with E-state index in [0.717, 1.165) is 12.8 Å². The van der Waals surface area contributed by atoms with Crippen LogP contribution in [0, 0.1) is 0 Å². The molecular weight excluding hydrogens is 168 g/mol. The Bertz CT molecular complexity index is 176. The lowest BCUT2D eigenvalue weighted by molar-refractivity contribution is 0.152. The molecule has 1 aliphatic rings. The highest BCUT2D eigenvalue weighted by atomic mass is 16.5. The number of carbonyl (C=O) groups excluding carboxylic acids is 1. The van der Waals surface area contributed by atoms with Crippen LogP contribution in [-0.4, -0.2) is 31.3 Å². The van der Waals surface area contributed by atoms with Crippen molar-refractivity contribution in [2.24, 2.45) is 0 Å². The highest BCUT2D eigenvalue weighted by molar-refractivity contribution is 5.67. The molecule has 0 aliphatic heterocycles. The molecule has 1 saturated carbocycles. The Labute approximate surface area is 79.0 Å². The molecule has 2 N–H and O–H groups in total. The Hall–Kier alpha value is -0.770. The second-order valence-electron chi connectivity index (χ2n) is 3.82. The van der Waals surface area contributed by atoms with Crippen molar-refractivity contribution in [3.8, 4) is 0 Å². The summed E-state index contributed by atoms with van der Waals surface area (Å²) in [5, 5.41) is 6.18. The number of nitrogens with one attached hydrogen (secondary N) is 2. The van der Waals surface area contributed by atoms with Crippen LogP contribution in [0.1, 0.15) is 26.7 Å². The normalized spacial score (nSPS) is 26.8. The van der Waals surface area contributed by atoms with E-state index in [1.807, 2.05) is 0 Å². The van der Waals surface area contributed by atoms with E-state index in [2.05, 4.69) is 29.2 Å². The summed E-state index contributed by atoms with van der Waals surface area (Å²) in [6.45, 7) is 4.25. The maximum atomic E-state index is 10.8. The molecule has 1 rings (SSSR count). The summed E-state index contributed by atoms with van der Waals surface area (Å²) in [5.74, 6) is 0. The minimum atomic E-state index is -0.326. The lowest BCUT2D eigenvalue weighted by Crippen LogP contribution is -2.53. The highest BCUT2D eigenvalue weighted by Gasteiger charge is 2.30. The standard InChI is InChI=1S/C9H18N2O2/c1-6(2)10-7-4-8(5-7)11-9(12)13-3/h6-8,10H,4-5H2,1-3H3,(H,11,12). The molecule has 0 bridgehead atoms. The lowest BCUT2D eigenvalue weighted by Gasteiger charge is -2.37. The third kappa shape index (κ3) is 3.22. The molecule has 4 heteroatoms. The number of ether oxygens (including phenoxy) is 1. The van der Waals surface area contributed by atoms with Crippen molar-refractivity contribution in [1.29, 1.82) is 0 Å². The number of alkyl carbamates (subject to hydrolysis) is 1. The van der Waals surface area contributed by atoms with Crippen LogP contribution < -0.4 is 10.6 Å². The largest absolute Gasteiger partial charge is 0.453 e. The predicted molar refractivity (Wildman–Crippen MR) is 50.6 cm³/mol. The van der Waals surface area contributed by atoms with E-state index in [1.165, 1.54) is 7.11 Å². The van der Waals surface area contributed by atoms with Gasteiger partial charge in [0.15, 0.2) is 0 Å². The second-order valence-corrected chi connectivity index (χ2v) is 3.82. The predicted octanol–water partition coefficient (Wildman–Crippen LogP) is 0.871. The summed E-state index contributed by atoms with van der Waals surface area (Å²) in [4.78, 5) is 10.8. The first-order valence-corrected chi connectivity index (χ1v) is 4.72. The van der Waals surface area contributed by atoms with Crippen molar-refractivity contribution in [2.75, 3.05) is 7.11 Å². The fourth-order valence-corrected chi connectivity index (χ4v) is 1.57. The summed E-state index contributed by atoms with van der Waals surface area (Å²) in [5.41, 5.74) is 0.